The fourth-order valence-corrected chi connectivity index (χ4v) is 2.67. The lowest BCUT2D eigenvalue weighted by Crippen LogP contribution is -2.00. The topological polar surface area (TPSA) is 67.5 Å². The third-order valence-corrected chi connectivity index (χ3v) is 3.59. The number of carboxylic acids is 1. The predicted octanol–water partition coefficient (Wildman–Crippen LogP) is 3.51. The third kappa shape index (κ3) is 2.17. The van der Waals surface area contributed by atoms with Crippen molar-refractivity contribution in [1.29, 1.82) is 0 Å². The van der Waals surface area contributed by atoms with Crippen molar-refractivity contribution in [2.45, 2.75) is 0 Å². The van der Waals surface area contributed by atoms with Gasteiger partial charge in [0.25, 0.3) is 0 Å². The van der Waals surface area contributed by atoms with E-state index in [2.05, 4.69) is 26.0 Å². The third-order valence-electron chi connectivity index (χ3n) is 2.78. The van der Waals surface area contributed by atoms with Crippen LogP contribution in [0.3, 0.4) is 0 Å². The lowest BCUT2D eigenvalue weighted by Gasteiger charge is -2.06. The highest BCUT2D eigenvalue weighted by Crippen LogP contribution is 2.30. The standard InChI is InChI=1S/C13H7BrClN3O2/c14-7-1-2-8(9(15)5-7)11-3-4-16-12-6-10(13(19)20)17-18(11)12/h1-6H,(H,19,20). The maximum atomic E-state index is 11.0. The van der Waals surface area contributed by atoms with E-state index in [0.717, 1.165) is 10.0 Å². The summed E-state index contributed by atoms with van der Waals surface area (Å²) in [5, 5.41) is 13.6. The number of hydrogen-bond donors (Lipinski definition) is 1. The number of rotatable bonds is 2. The van der Waals surface area contributed by atoms with Crippen LogP contribution < -0.4 is 0 Å². The molecule has 7 heteroatoms. The van der Waals surface area contributed by atoms with Crippen molar-refractivity contribution in [3.8, 4) is 11.3 Å². The molecule has 0 fully saturated rings. The molecule has 0 saturated carbocycles. The SMILES string of the molecule is O=C(O)c1cc2nccc(-c3ccc(Br)cc3Cl)n2n1. The Hall–Kier alpha value is -1.92. The van der Waals surface area contributed by atoms with Crippen molar-refractivity contribution in [2.75, 3.05) is 0 Å². The molecular weight excluding hydrogens is 346 g/mol. The van der Waals surface area contributed by atoms with Crippen LogP contribution in [0.2, 0.25) is 5.02 Å². The van der Waals surface area contributed by atoms with Gasteiger partial charge in [-0.1, -0.05) is 33.6 Å². The van der Waals surface area contributed by atoms with Crippen LogP contribution in [-0.4, -0.2) is 25.7 Å². The van der Waals surface area contributed by atoms with Gasteiger partial charge >= 0.3 is 5.97 Å². The molecule has 100 valence electrons. The molecule has 0 atom stereocenters. The Morgan fingerprint density at radius 2 is 2.10 bits per heavy atom. The van der Waals surface area contributed by atoms with Crippen molar-refractivity contribution >= 4 is 39.1 Å². The average Bonchev–Trinajstić information content (AvgIpc) is 2.83. The lowest BCUT2D eigenvalue weighted by molar-refractivity contribution is 0.0690. The summed E-state index contributed by atoms with van der Waals surface area (Å²) in [5.74, 6) is -1.09. The van der Waals surface area contributed by atoms with E-state index in [4.69, 9.17) is 16.7 Å². The fourth-order valence-electron chi connectivity index (χ4n) is 1.90. The second-order valence-corrected chi connectivity index (χ2v) is 5.38. The van der Waals surface area contributed by atoms with E-state index in [9.17, 15) is 4.79 Å². The number of aromatic nitrogens is 3. The molecule has 3 aromatic rings. The molecule has 0 aliphatic heterocycles. The Bertz CT molecular complexity index is 832. The number of benzene rings is 1. The first kappa shape index (κ1) is 13.1. The van der Waals surface area contributed by atoms with Crippen LogP contribution in [0.25, 0.3) is 16.9 Å². The number of halogens is 2. The van der Waals surface area contributed by atoms with E-state index in [-0.39, 0.29) is 5.69 Å². The minimum absolute atomic E-state index is 0.0572. The van der Waals surface area contributed by atoms with Crippen LogP contribution in [-0.2, 0) is 0 Å². The Kier molecular flexibility index (Phi) is 3.19. The van der Waals surface area contributed by atoms with E-state index in [0.29, 0.717) is 16.4 Å². The molecule has 2 heterocycles. The molecule has 5 nitrogen and oxygen atoms in total. The van der Waals surface area contributed by atoms with Gasteiger partial charge in [-0.25, -0.2) is 14.3 Å². The molecule has 3 rings (SSSR count). The lowest BCUT2D eigenvalue weighted by atomic mass is 10.1. The maximum absolute atomic E-state index is 11.0. The Morgan fingerprint density at radius 3 is 2.80 bits per heavy atom. The molecule has 0 unspecified atom stereocenters. The molecule has 0 bridgehead atoms. The summed E-state index contributed by atoms with van der Waals surface area (Å²) in [4.78, 5) is 15.1. The van der Waals surface area contributed by atoms with Gasteiger partial charge in [-0.15, -0.1) is 0 Å². The van der Waals surface area contributed by atoms with E-state index in [1.807, 2.05) is 12.1 Å². The van der Waals surface area contributed by atoms with Crippen molar-refractivity contribution in [3.63, 3.8) is 0 Å². The Morgan fingerprint density at radius 1 is 1.30 bits per heavy atom. The summed E-state index contributed by atoms with van der Waals surface area (Å²) in [7, 11) is 0. The monoisotopic (exact) mass is 351 g/mol. The molecule has 0 aliphatic carbocycles. The van der Waals surface area contributed by atoms with E-state index in [1.54, 1.807) is 18.3 Å². The van der Waals surface area contributed by atoms with Crippen LogP contribution in [0.15, 0.2) is 41.0 Å². The smallest absolute Gasteiger partial charge is 0.356 e. The molecule has 1 N–H and O–H groups in total. The average molecular weight is 353 g/mol. The summed E-state index contributed by atoms with van der Waals surface area (Å²) in [5.41, 5.74) is 1.83. The quantitative estimate of drug-likeness (QED) is 0.766. The molecule has 0 saturated heterocycles. The molecule has 0 radical (unpaired) electrons. The largest absolute Gasteiger partial charge is 0.476 e. The zero-order valence-corrected chi connectivity index (χ0v) is 12.3. The van der Waals surface area contributed by atoms with Gasteiger partial charge in [-0.05, 0) is 18.2 Å². The second-order valence-electron chi connectivity index (χ2n) is 4.06. The highest BCUT2D eigenvalue weighted by Gasteiger charge is 2.14. The van der Waals surface area contributed by atoms with Crippen LogP contribution in [0.5, 0.6) is 0 Å². The van der Waals surface area contributed by atoms with E-state index in [1.165, 1.54) is 10.6 Å². The Labute approximate surface area is 127 Å². The zero-order valence-electron chi connectivity index (χ0n) is 9.92. The van der Waals surface area contributed by atoms with Gasteiger partial charge in [0, 0.05) is 22.3 Å². The number of aromatic carboxylic acids is 1. The molecule has 2 aromatic heterocycles. The predicted molar refractivity (Wildman–Crippen MR) is 78.1 cm³/mol. The summed E-state index contributed by atoms with van der Waals surface area (Å²) < 4.78 is 2.33. The zero-order chi connectivity index (χ0) is 14.3. The first-order valence-electron chi connectivity index (χ1n) is 5.60. The van der Waals surface area contributed by atoms with Gasteiger partial charge in [-0.3, -0.25) is 0 Å². The van der Waals surface area contributed by atoms with E-state index >= 15 is 0 Å². The van der Waals surface area contributed by atoms with Gasteiger partial charge in [0.05, 0.1) is 10.7 Å². The number of fused-ring (bicyclic) bond motifs is 1. The van der Waals surface area contributed by atoms with Crippen LogP contribution in [0.4, 0.5) is 0 Å². The van der Waals surface area contributed by atoms with Gasteiger partial charge in [0.2, 0.25) is 0 Å². The summed E-state index contributed by atoms with van der Waals surface area (Å²) in [6, 6.07) is 8.61. The number of nitrogens with zero attached hydrogens (tertiary/aromatic N) is 3. The molecule has 0 spiro atoms. The van der Waals surface area contributed by atoms with Gasteiger partial charge in [-0.2, -0.15) is 5.10 Å². The number of carboxylic acid groups (broad SMARTS) is 1. The number of hydrogen-bond acceptors (Lipinski definition) is 3. The molecule has 0 aliphatic rings. The van der Waals surface area contributed by atoms with E-state index < -0.39 is 5.97 Å². The molecule has 0 amide bonds. The van der Waals surface area contributed by atoms with Gasteiger partial charge < -0.3 is 5.11 Å². The second kappa shape index (κ2) is 4.88. The van der Waals surface area contributed by atoms with Crippen LogP contribution in [0, 0.1) is 0 Å². The van der Waals surface area contributed by atoms with Crippen molar-refractivity contribution in [3.05, 3.63) is 51.7 Å². The van der Waals surface area contributed by atoms with Crippen molar-refractivity contribution in [1.82, 2.24) is 14.6 Å². The number of carbonyl (C=O) groups is 1. The van der Waals surface area contributed by atoms with Gasteiger partial charge in [0.15, 0.2) is 11.3 Å². The van der Waals surface area contributed by atoms with Gasteiger partial charge in [0.1, 0.15) is 0 Å². The van der Waals surface area contributed by atoms with Crippen molar-refractivity contribution < 1.29 is 9.90 Å². The first-order chi connectivity index (χ1) is 9.56. The molecule has 1 aromatic carbocycles. The summed E-state index contributed by atoms with van der Waals surface area (Å²) in [6.07, 6.45) is 1.59. The maximum Gasteiger partial charge on any atom is 0.356 e. The molecular formula is C13H7BrClN3O2. The fraction of sp³-hybridized carbons (Fsp3) is 0. The summed E-state index contributed by atoms with van der Waals surface area (Å²) in [6.45, 7) is 0. The van der Waals surface area contributed by atoms with Crippen LogP contribution >= 0.6 is 27.5 Å². The summed E-state index contributed by atoms with van der Waals surface area (Å²) >= 11 is 9.57. The normalized spacial score (nSPS) is 10.9. The highest BCUT2D eigenvalue weighted by molar-refractivity contribution is 9.10. The van der Waals surface area contributed by atoms with Crippen LogP contribution in [0.1, 0.15) is 10.5 Å². The highest BCUT2D eigenvalue weighted by atomic mass is 79.9. The minimum Gasteiger partial charge on any atom is -0.476 e. The van der Waals surface area contributed by atoms with Crippen molar-refractivity contribution in [2.24, 2.45) is 0 Å². The first-order valence-corrected chi connectivity index (χ1v) is 6.77. The Balaban J connectivity index is 2.28. The minimum atomic E-state index is -1.09. The molecule has 20 heavy (non-hydrogen) atoms.